The summed E-state index contributed by atoms with van der Waals surface area (Å²) >= 11 is 3.02. The summed E-state index contributed by atoms with van der Waals surface area (Å²) in [7, 11) is 0. The van der Waals surface area contributed by atoms with Crippen LogP contribution in [0.4, 0.5) is 10.8 Å². The molecular formula is C19H14N4O3S2. The molecule has 1 N–H and O–H groups in total. The largest absolute Gasteiger partial charge is 0.454 e. The molecule has 0 atom stereocenters. The van der Waals surface area contributed by atoms with E-state index < -0.39 is 0 Å². The molecule has 4 aromatic rings. The third-order valence-electron chi connectivity index (χ3n) is 3.95. The molecule has 1 aliphatic heterocycles. The SMILES string of the molecule is c1ccc(Nc2nc(CSc3nnc(-c4ccc5c(c4)OCO5)o3)cs2)cc1. The number of para-hydroxylation sites is 1. The van der Waals surface area contributed by atoms with Gasteiger partial charge in [0, 0.05) is 22.4 Å². The lowest BCUT2D eigenvalue weighted by atomic mass is 10.2. The Morgan fingerprint density at radius 1 is 1.04 bits per heavy atom. The Balaban J connectivity index is 1.22. The van der Waals surface area contributed by atoms with Crippen molar-refractivity contribution in [1.82, 2.24) is 15.2 Å². The maximum Gasteiger partial charge on any atom is 0.277 e. The lowest BCUT2D eigenvalue weighted by Gasteiger charge is -2.00. The van der Waals surface area contributed by atoms with Gasteiger partial charge >= 0.3 is 0 Å². The normalized spacial score (nSPS) is 12.3. The van der Waals surface area contributed by atoms with E-state index in [0.717, 1.165) is 27.8 Å². The zero-order valence-corrected chi connectivity index (χ0v) is 16.1. The zero-order chi connectivity index (χ0) is 18.8. The molecule has 0 saturated heterocycles. The van der Waals surface area contributed by atoms with Crippen molar-refractivity contribution in [2.45, 2.75) is 11.0 Å². The molecular weight excluding hydrogens is 396 g/mol. The van der Waals surface area contributed by atoms with Crippen molar-refractivity contribution in [2.24, 2.45) is 0 Å². The molecule has 0 bridgehead atoms. The van der Waals surface area contributed by atoms with Crippen LogP contribution in [0.25, 0.3) is 11.5 Å². The number of ether oxygens (including phenoxy) is 2. The molecule has 5 rings (SSSR count). The van der Waals surface area contributed by atoms with Gasteiger partial charge in [-0.05, 0) is 30.3 Å². The van der Waals surface area contributed by atoms with Crippen LogP contribution in [0, 0.1) is 0 Å². The average molecular weight is 410 g/mol. The van der Waals surface area contributed by atoms with Crippen molar-refractivity contribution in [3.05, 3.63) is 59.6 Å². The number of thioether (sulfide) groups is 1. The summed E-state index contributed by atoms with van der Waals surface area (Å²) in [6.07, 6.45) is 0. The maximum absolute atomic E-state index is 5.76. The van der Waals surface area contributed by atoms with Crippen LogP contribution < -0.4 is 14.8 Å². The van der Waals surface area contributed by atoms with E-state index in [9.17, 15) is 0 Å². The molecule has 0 aliphatic carbocycles. The summed E-state index contributed by atoms with van der Waals surface area (Å²) < 4.78 is 16.5. The van der Waals surface area contributed by atoms with E-state index in [4.69, 9.17) is 13.9 Å². The van der Waals surface area contributed by atoms with Crippen LogP contribution in [0.5, 0.6) is 11.5 Å². The van der Waals surface area contributed by atoms with Gasteiger partial charge in [-0.1, -0.05) is 30.0 Å². The molecule has 140 valence electrons. The molecule has 0 unspecified atom stereocenters. The second kappa shape index (κ2) is 7.53. The molecule has 0 saturated carbocycles. The van der Waals surface area contributed by atoms with Gasteiger partial charge in [0.1, 0.15) is 0 Å². The Labute approximate surface area is 168 Å². The van der Waals surface area contributed by atoms with Gasteiger partial charge in [0.05, 0.1) is 5.69 Å². The summed E-state index contributed by atoms with van der Waals surface area (Å²) in [6, 6.07) is 15.5. The lowest BCUT2D eigenvalue weighted by molar-refractivity contribution is 0.174. The third-order valence-corrected chi connectivity index (χ3v) is 5.60. The van der Waals surface area contributed by atoms with E-state index >= 15 is 0 Å². The number of nitrogens with one attached hydrogen (secondary N) is 1. The second-order valence-corrected chi connectivity index (χ2v) is 7.65. The molecule has 2 aromatic heterocycles. The van der Waals surface area contributed by atoms with E-state index in [0.29, 0.717) is 22.6 Å². The van der Waals surface area contributed by atoms with Crippen molar-refractivity contribution >= 4 is 33.9 Å². The summed E-state index contributed by atoms with van der Waals surface area (Å²) in [5.74, 6) is 2.51. The van der Waals surface area contributed by atoms with Crippen molar-refractivity contribution < 1.29 is 13.9 Å². The number of anilines is 2. The number of benzene rings is 2. The minimum atomic E-state index is 0.235. The molecule has 1 aliphatic rings. The van der Waals surface area contributed by atoms with Crippen LogP contribution in [0.3, 0.4) is 0 Å². The van der Waals surface area contributed by atoms with Gasteiger partial charge in [-0.2, -0.15) is 0 Å². The molecule has 0 amide bonds. The van der Waals surface area contributed by atoms with Crippen LogP contribution >= 0.6 is 23.1 Å². The Kier molecular flexibility index (Phi) is 4.59. The Morgan fingerprint density at radius 3 is 2.86 bits per heavy atom. The first-order valence-corrected chi connectivity index (χ1v) is 10.3. The van der Waals surface area contributed by atoms with Crippen LogP contribution in [0.1, 0.15) is 5.69 Å². The van der Waals surface area contributed by atoms with Crippen molar-refractivity contribution in [3.8, 4) is 23.0 Å². The minimum Gasteiger partial charge on any atom is -0.454 e. The molecule has 0 spiro atoms. The summed E-state index contributed by atoms with van der Waals surface area (Å²) in [5, 5.41) is 14.9. The number of fused-ring (bicyclic) bond motifs is 1. The van der Waals surface area contributed by atoms with E-state index in [2.05, 4.69) is 20.5 Å². The van der Waals surface area contributed by atoms with Gasteiger partial charge in [0.25, 0.3) is 5.22 Å². The van der Waals surface area contributed by atoms with Gasteiger partial charge in [0.2, 0.25) is 12.7 Å². The Morgan fingerprint density at radius 2 is 1.93 bits per heavy atom. The molecule has 9 heteroatoms. The molecule has 2 aromatic carbocycles. The topological polar surface area (TPSA) is 82.3 Å². The Hall–Kier alpha value is -3.04. The standard InChI is InChI=1S/C19H14N4O3S2/c1-2-4-13(5-3-1)20-18-21-14(9-27-18)10-28-19-23-22-17(26-19)12-6-7-15-16(8-12)25-11-24-15/h1-9H,10-11H2,(H,20,21). The molecule has 0 fully saturated rings. The first kappa shape index (κ1) is 17.1. The van der Waals surface area contributed by atoms with Crippen LogP contribution in [-0.4, -0.2) is 22.0 Å². The van der Waals surface area contributed by atoms with Gasteiger partial charge in [-0.15, -0.1) is 21.5 Å². The predicted octanol–water partition coefficient (Wildman–Crippen LogP) is 4.96. The lowest BCUT2D eigenvalue weighted by Crippen LogP contribution is -1.92. The monoisotopic (exact) mass is 410 g/mol. The maximum atomic E-state index is 5.76. The highest BCUT2D eigenvalue weighted by molar-refractivity contribution is 7.98. The smallest absolute Gasteiger partial charge is 0.277 e. The highest BCUT2D eigenvalue weighted by Crippen LogP contribution is 2.36. The van der Waals surface area contributed by atoms with Crippen molar-refractivity contribution in [2.75, 3.05) is 12.1 Å². The third kappa shape index (κ3) is 3.67. The highest BCUT2D eigenvalue weighted by atomic mass is 32.2. The fourth-order valence-electron chi connectivity index (χ4n) is 2.63. The first-order valence-electron chi connectivity index (χ1n) is 8.46. The fraction of sp³-hybridized carbons (Fsp3) is 0.105. The number of nitrogens with zero attached hydrogens (tertiary/aromatic N) is 3. The zero-order valence-electron chi connectivity index (χ0n) is 14.5. The van der Waals surface area contributed by atoms with Crippen molar-refractivity contribution in [1.29, 1.82) is 0 Å². The number of aromatic nitrogens is 3. The van der Waals surface area contributed by atoms with E-state index in [-0.39, 0.29) is 6.79 Å². The number of rotatable bonds is 6. The molecule has 7 nitrogen and oxygen atoms in total. The second-order valence-electron chi connectivity index (χ2n) is 5.86. The predicted molar refractivity (Wildman–Crippen MR) is 107 cm³/mol. The van der Waals surface area contributed by atoms with E-state index in [1.165, 1.54) is 11.8 Å². The number of hydrogen-bond acceptors (Lipinski definition) is 9. The average Bonchev–Trinajstić information content (AvgIpc) is 3.47. The van der Waals surface area contributed by atoms with E-state index in [1.54, 1.807) is 11.3 Å². The fourth-order valence-corrected chi connectivity index (χ4v) is 4.12. The first-order chi connectivity index (χ1) is 13.8. The number of thiazole rings is 1. The number of hydrogen-bond donors (Lipinski definition) is 1. The van der Waals surface area contributed by atoms with Crippen LogP contribution in [-0.2, 0) is 5.75 Å². The Bertz CT molecular complexity index is 1100. The van der Waals surface area contributed by atoms with Gasteiger partial charge in [-0.3, -0.25) is 0 Å². The van der Waals surface area contributed by atoms with Crippen LogP contribution in [0.2, 0.25) is 0 Å². The van der Waals surface area contributed by atoms with Gasteiger partial charge < -0.3 is 19.2 Å². The summed E-state index contributed by atoms with van der Waals surface area (Å²) in [4.78, 5) is 4.59. The van der Waals surface area contributed by atoms with Crippen molar-refractivity contribution in [3.63, 3.8) is 0 Å². The quantitative estimate of drug-likeness (QED) is 0.447. The minimum absolute atomic E-state index is 0.235. The molecule has 0 radical (unpaired) electrons. The summed E-state index contributed by atoms with van der Waals surface area (Å²) in [5.41, 5.74) is 2.77. The van der Waals surface area contributed by atoms with Gasteiger partial charge in [-0.25, -0.2) is 4.98 Å². The molecule has 28 heavy (non-hydrogen) atoms. The van der Waals surface area contributed by atoms with E-state index in [1.807, 2.05) is 53.9 Å². The molecule has 3 heterocycles. The highest BCUT2D eigenvalue weighted by Gasteiger charge is 2.17. The van der Waals surface area contributed by atoms with Gasteiger partial charge in [0.15, 0.2) is 16.6 Å². The summed E-state index contributed by atoms with van der Waals surface area (Å²) in [6.45, 7) is 0.235. The van der Waals surface area contributed by atoms with Crippen LogP contribution in [0.15, 0.2) is 63.6 Å².